The van der Waals surface area contributed by atoms with Gasteiger partial charge < -0.3 is 9.64 Å². The third kappa shape index (κ3) is 8.78. The first kappa shape index (κ1) is 45.7. The Hall–Kier alpha value is -6.90. The number of hydrogen-bond acceptors (Lipinski definition) is 5. The molecule has 1 heterocycles. The van der Waals surface area contributed by atoms with Gasteiger partial charge in [0.2, 0.25) is 0 Å². The van der Waals surface area contributed by atoms with E-state index in [-0.39, 0.29) is 11.3 Å². The van der Waals surface area contributed by atoms with E-state index in [4.69, 9.17) is 11.3 Å². The molecule has 0 N–H and O–H groups in total. The molecule has 0 saturated heterocycles. The number of benzene rings is 6. The van der Waals surface area contributed by atoms with Crippen molar-refractivity contribution in [3.8, 4) is 0 Å². The number of hydrogen-bond donors (Lipinski definition) is 0. The van der Waals surface area contributed by atoms with Crippen molar-refractivity contribution in [2.45, 2.75) is 31.3 Å². The number of rotatable bonds is 11. The minimum atomic E-state index is -4.56. The minimum absolute atomic E-state index is 0.109. The van der Waals surface area contributed by atoms with Crippen LogP contribution in [0.1, 0.15) is 59.2 Å². The van der Waals surface area contributed by atoms with Gasteiger partial charge in [0, 0.05) is 59.6 Å². The number of alkyl halides is 3. The number of carbonyl (C=O) groups excluding carboxylic acids is 1. The standard InChI is InChI=1S/C58H51F3N2O2S/c1-36-20-19-29-46-48(36)35-66-56-45-28-18-17-27-43(45)34-47(52(46)56)51(55(63(5)6)50(41-25-15-10-16-26-41)37(2)39-21-11-8-12-22-39)38(3)49(40-23-13-9-14-24-40)53(57(64)65-7)54(62-4)42-30-32-44(33-31-42)58(59,60)61/h8-19,21-34,36H,2,20,35H2,1,3-7H3/b51-38+,53-49-,55-50+,62-54+. The highest BCUT2D eigenvalue weighted by Crippen LogP contribution is 2.52. The van der Waals surface area contributed by atoms with Gasteiger partial charge in [0.05, 0.1) is 29.7 Å². The molecule has 1 atom stereocenters. The Balaban J connectivity index is 1.63. The summed E-state index contributed by atoms with van der Waals surface area (Å²) < 4.78 is 47.5. The van der Waals surface area contributed by atoms with Gasteiger partial charge in [-0.15, -0.1) is 11.8 Å². The predicted octanol–water partition coefficient (Wildman–Crippen LogP) is 14.5. The van der Waals surface area contributed by atoms with Crippen LogP contribution < -0.4 is 0 Å². The van der Waals surface area contributed by atoms with Crippen molar-refractivity contribution in [1.29, 1.82) is 0 Å². The summed E-state index contributed by atoms with van der Waals surface area (Å²) in [5.41, 5.74) is 11.6. The molecule has 6 aromatic rings. The Kier molecular flexibility index (Phi) is 13.3. The molecule has 0 bridgehead atoms. The second-order valence-corrected chi connectivity index (χ2v) is 17.7. The molecule has 0 spiro atoms. The molecule has 2 aliphatic rings. The molecule has 332 valence electrons. The maximum atomic E-state index is 14.8. The molecule has 0 saturated carbocycles. The van der Waals surface area contributed by atoms with Crippen LogP contribution in [-0.4, -0.2) is 50.6 Å². The number of carbonyl (C=O) groups is 1. The van der Waals surface area contributed by atoms with Gasteiger partial charge in [-0.05, 0) is 92.8 Å². The van der Waals surface area contributed by atoms with Crippen molar-refractivity contribution in [3.63, 3.8) is 0 Å². The molecule has 0 amide bonds. The van der Waals surface area contributed by atoms with Crippen LogP contribution >= 0.6 is 11.8 Å². The summed E-state index contributed by atoms with van der Waals surface area (Å²) in [5, 5.41) is 2.21. The summed E-state index contributed by atoms with van der Waals surface area (Å²) in [6, 6.07) is 45.5. The van der Waals surface area contributed by atoms with Gasteiger partial charge in [-0.1, -0.05) is 153 Å². The fourth-order valence-electron chi connectivity index (χ4n) is 9.27. The maximum Gasteiger partial charge on any atom is 0.416 e. The van der Waals surface area contributed by atoms with E-state index in [1.807, 2.05) is 99.5 Å². The van der Waals surface area contributed by atoms with Crippen molar-refractivity contribution in [2.75, 3.05) is 34.0 Å². The van der Waals surface area contributed by atoms with Crippen molar-refractivity contribution in [2.24, 2.45) is 10.9 Å². The molecule has 1 unspecified atom stereocenters. The smallest absolute Gasteiger partial charge is 0.416 e. The second-order valence-electron chi connectivity index (χ2n) is 16.7. The van der Waals surface area contributed by atoms with Gasteiger partial charge in [0.25, 0.3) is 0 Å². The minimum Gasteiger partial charge on any atom is -0.465 e. The largest absolute Gasteiger partial charge is 0.465 e. The summed E-state index contributed by atoms with van der Waals surface area (Å²) in [6.07, 6.45) is 0.940. The van der Waals surface area contributed by atoms with Crippen LogP contribution in [0.25, 0.3) is 38.6 Å². The number of allylic oxidation sites excluding steroid dienone is 8. The Morgan fingerprint density at radius 2 is 1.35 bits per heavy atom. The van der Waals surface area contributed by atoms with E-state index in [1.165, 1.54) is 35.3 Å². The van der Waals surface area contributed by atoms with Gasteiger partial charge in [-0.3, -0.25) is 4.99 Å². The van der Waals surface area contributed by atoms with E-state index in [0.29, 0.717) is 22.6 Å². The van der Waals surface area contributed by atoms with Crippen LogP contribution in [0.2, 0.25) is 0 Å². The fourth-order valence-corrected chi connectivity index (χ4v) is 10.7. The number of esters is 1. The Morgan fingerprint density at radius 3 is 1.92 bits per heavy atom. The lowest BCUT2D eigenvalue weighted by molar-refractivity contribution is -0.137. The van der Waals surface area contributed by atoms with Crippen LogP contribution in [0.3, 0.4) is 0 Å². The Labute approximate surface area is 390 Å². The first-order valence-corrected chi connectivity index (χ1v) is 22.9. The van der Waals surface area contributed by atoms with Crippen molar-refractivity contribution < 1.29 is 22.7 Å². The molecule has 1 aliphatic heterocycles. The van der Waals surface area contributed by atoms with Crippen LogP contribution in [-0.2, 0) is 15.7 Å². The van der Waals surface area contributed by atoms with Crippen LogP contribution in [0.4, 0.5) is 13.2 Å². The van der Waals surface area contributed by atoms with Crippen LogP contribution in [0.15, 0.2) is 197 Å². The highest BCUT2D eigenvalue weighted by Gasteiger charge is 2.35. The molecule has 0 radical (unpaired) electrons. The fraction of sp³-hybridized carbons (Fsp3) is 0.172. The molecule has 1 aliphatic carbocycles. The van der Waals surface area contributed by atoms with E-state index >= 15 is 0 Å². The number of halogens is 3. The highest BCUT2D eigenvalue weighted by atomic mass is 32.2. The SMILES string of the molecule is C=C(/C(=C(/C(=C(C)/C(=C(C(=O)OC)\C(=N\C)c1ccc(C(F)(F)F)cc1)c1ccccc1)c1cc2ccccc2c2c1C1=C(CS2)C(C)CC=C1)N(C)C)c1ccccc1)c1ccccc1. The highest BCUT2D eigenvalue weighted by molar-refractivity contribution is 7.99. The molecule has 8 heteroatoms. The summed E-state index contributed by atoms with van der Waals surface area (Å²) in [7, 11) is 6.93. The maximum absolute atomic E-state index is 14.8. The first-order valence-electron chi connectivity index (χ1n) is 21.9. The molecule has 4 nitrogen and oxygen atoms in total. The van der Waals surface area contributed by atoms with Crippen molar-refractivity contribution >= 4 is 62.1 Å². The number of nitrogens with zero attached hydrogens (tertiary/aromatic N) is 2. The Morgan fingerprint density at radius 1 is 0.773 bits per heavy atom. The summed E-state index contributed by atoms with van der Waals surface area (Å²) >= 11 is 1.86. The summed E-state index contributed by atoms with van der Waals surface area (Å²) in [4.78, 5) is 22.7. The molecule has 8 rings (SSSR count). The number of aliphatic imine (C=N–C) groups is 1. The topological polar surface area (TPSA) is 41.9 Å². The molecule has 0 fully saturated rings. The lowest BCUT2D eigenvalue weighted by atomic mass is 9.77. The lowest BCUT2D eigenvalue weighted by Gasteiger charge is -2.34. The lowest BCUT2D eigenvalue weighted by Crippen LogP contribution is -2.21. The predicted molar refractivity (Wildman–Crippen MR) is 269 cm³/mol. The van der Waals surface area contributed by atoms with E-state index in [1.54, 1.807) is 7.05 Å². The molecule has 0 aromatic heterocycles. The van der Waals surface area contributed by atoms with Crippen molar-refractivity contribution in [3.05, 3.63) is 226 Å². The summed E-state index contributed by atoms with van der Waals surface area (Å²) in [5.74, 6) is 0.504. The molecule has 66 heavy (non-hydrogen) atoms. The quantitative estimate of drug-likeness (QED) is 0.0562. The van der Waals surface area contributed by atoms with E-state index in [2.05, 4.69) is 83.6 Å². The Bertz CT molecular complexity index is 3030. The van der Waals surface area contributed by atoms with E-state index in [0.717, 1.165) is 85.3 Å². The molecular formula is C58H51F3N2O2S. The first-order chi connectivity index (χ1) is 31.8. The number of likely N-dealkylation sites (N-methyl/N-ethyl adjacent to an activating group) is 1. The summed E-state index contributed by atoms with van der Waals surface area (Å²) in [6.45, 7) is 9.15. The van der Waals surface area contributed by atoms with Gasteiger partial charge in [-0.2, -0.15) is 13.2 Å². The molecule has 6 aromatic carbocycles. The van der Waals surface area contributed by atoms with Crippen molar-refractivity contribution in [1.82, 2.24) is 4.90 Å². The second kappa shape index (κ2) is 19.3. The average molecular weight is 897 g/mol. The normalized spacial score (nSPS) is 16.1. The number of fused-ring (bicyclic) bond motifs is 4. The van der Waals surface area contributed by atoms with Gasteiger partial charge in [-0.25, -0.2) is 4.79 Å². The van der Waals surface area contributed by atoms with Gasteiger partial charge >= 0.3 is 12.1 Å². The average Bonchev–Trinajstić information content (AvgIpc) is 3.34. The zero-order valence-corrected chi connectivity index (χ0v) is 38.8. The number of thioether (sulfide) groups is 1. The zero-order chi connectivity index (χ0) is 46.7. The van der Waals surface area contributed by atoms with Crippen LogP contribution in [0.5, 0.6) is 0 Å². The third-order valence-electron chi connectivity index (χ3n) is 12.4. The third-order valence-corrected chi connectivity index (χ3v) is 13.6. The van der Waals surface area contributed by atoms with Gasteiger partial charge in [0.1, 0.15) is 0 Å². The zero-order valence-electron chi connectivity index (χ0n) is 38.0. The number of ether oxygens (including phenoxy) is 1. The van der Waals surface area contributed by atoms with Crippen LogP contribution in [0, 0.1) is 5.92 Å². The van der Waals surface area contributed by atoms with E-state index in [9.17, 15) is 18.0 Å². The van der Waals surface area contributed by atoms with E-state index < -0.39 is 17.7 Å². The molecular weight excluding hydrogens is 846 g/mol. The number of methoxy groups -OCH3 is 1. The van der Waals surface area contributed by atoms with Gasteiger partial charge in [0.15, 0.2) is 0 Å². The monoisotopic (exact) mass is 896 g/mol.